The van der Waals surface area contributed by atoms with E-state index in [-0.39, 0.29) is 24.4 Å². The molecule has 0 bridgehead atoms. The van der Waals surface area contributed by atoms with E-state index in [0.29, 0.717) is 5.65 Å². The Bertz CT molecular complexity index is 947. The Kier molecular flexibility index (Phi) is 4.10. The minimum Gasteiger partial charge on any atom is -0.546 e. The van der Waals surface area contributed by atoms with Crippen LogP contribution in [0.15, 0.2) is 12.7 Å². The van der Waals surface area contributed by atoms with Crippen LogP contribution in [-0.2, 0) is 15.3 Å². The first-order chi connectivity index (χ1) is 13.1. The summed E-state index contributed by atoms with van der Waals surface area (Å²) in [5, 5.41) is 54.8. The monoisotopic (exact) mass is 395 g/mol. The molecule has 152 valence electrons. The molecule has 0 radical (unpaired) electrons. The number of carboxylic acid groups (broad SMARTS) is 1. The summed E-state index contributed by atoms with van der Waals surface area (Å²) in [6.45, 7) is 2.13. The Morgan fingerprint density at radius 2 is 2.18 bits per heavy atom. The van der Waals surface area contributed by atoms with Gasteiger partial charge >= 0.3 is 0 Å². The molecule has 4 rings (SSSR count). The summed E-state index contributed by atoms with van der Waals surface area (Å²) in [6, 6.07) is 0. The van der Waals surface area contributed by atoms with E-state index in [1.165, 1.54) is 31.1 Å². The van der Waals surface area contributed by atoms with Crippen LogP contribution in [0, 0.1) is 0 Å². The predicted octanol–water partition coefficient (Wildman–Crippen LogP) is -3.68. The number of nitrogens with one attached hydrogen (secondary N) is 1. The summed E-state index contributed by atoms with van der Waals surface area (Å²) < 4.78 is 8.36. The van der Waals surface area contributed by atoms with Gasteiger partial charge in [-0.3, -0.25) is 9.88 Å². The van der Waals surface area contributed by atoms with Gasteiger partial charge in [-0.1, -0.05) is 4.98 Å². The van der Waals surface area contributed by atoms with Crippen molar-refractivity contribution in [3.05, 3.63) is 12.7 Å². The van der Waals surface area contributed by atoms with Crippen LogP contribution in [0.25, 0.3) is 11.2 Å². The Balaban J connectivity index is 1.84. The highest BCUT2D eigenvalue weighted by Crippen LogP contribution is 2.35. The van der Waals surface area contributed by atoms with Crippen LogP contribution < -0.4 is 15.0 Å². The SMILES string of the molecule is CC1(C(=O)[O-])Nc2c3ncn([C@H]4CC(O)[C@@H](CO)O4)c3nc[n+]2C(C)(O)C1O. The smallest absolute Gasteiger partial charge is 0.256 e. The van der Waals surface area contributed by atoms with Crippen molar-refractivity contribution >= 4 is 23.0 Å². The van der Waals surface area contributed by atoms with Crippen LogP contribution in [0.4, 0.5) is 5.82 Å². The molecule has 1 saturated heterocycles. The Hall–Kier alpha value is -2.38. The maximum atomic E-state index is 11.7. The van der Waals surface area contributed by atoms with Crippen molar-refractivity contribution in [1.29, 1.82) is 0 Å². The zero-order valence-electron chi connectivity index (χ0n) is 15.2. The predicted molar refractivity (Wildman–Crippen MR) is 88.3 cm³/mol. The second-order valence-corrected chi connectivity index (χ2v) is 7.51. The van der Waals surface area contributed by atoms with Crippen molar-refractivity contribution in [3.63, 3.8) is 0 Å². The van der Waals surface area contributed by atoms with E-state index in [0.717, 1.165) is 0 Å². The van der Waals surface area contributed by atoms with Gasteiger partial charge in [-0.15, -0.1) is 0 Å². The lowest BCUT2D eigenvalue weighted by Crippen LogP contribution is -2.77. The fourth-order valence-corrected chi connectivity index (χ4v) is 3.81. The van der Waals surface area contributed by atoms with Crippen LogP contribution in [-0.4, -0.2) is 71.4 Å². The molecule has 0 saturated carbocycles. The van der Waals surface area contributed by atoms with Crippen molar-refractivity contribution in [3.8, 4) is 0 Å². The van der Waals surface area contributed by atoms with Gasteiger partial charge in [0.2, 0.25) is 17.7 Å². The number of aliphatic hydroxyl groups is 4. The van der Waals surface area contributed by atoms with Gasteiger partial charge in [-0.25, -0.2) is 9.55 Å². The maximum absolute atomic E-state index is 11.7. The summed E-state index contributed by atoms with van der Waals surface area (Å²) in [4.78, 5) is 20.2. The molecule has 0 amide bonds. The summed E-state index contributed by atoms with van der Waals surface area (Å²) in [6.07, 6.45) is -1.08. The summed E-state index contributed by atoms with van der Waals surface area (Å²) in [7, 11) is 0. The second kappa shape index (κ2) is 6.06. The van der Waals surface area contributed by atoms with Crippen molar-refractivity contribution < 1.29 is 39.6 Å². The fourth-order valence-electron chi connectivity index (χ4n) is 3.81. The first-order valence-corrected chi connectivity index (χ1v) is 8.73. The third-order valence-electron chi connectivity index (χ3n) is 5.58. The van der Waals surface area contributed by atoms with Crippen LogP contribution in [0.3, 0.4) is 0 Å². The lowest BCUT2D eigenvalue weighted by Gasteiger charge is -2.44. The third-order valence-corrected chi connectivity index (χ3v) is 5.58. The molecule has 4 unspecified atom stereocenters. The highest BCUT2D eigenvalue weighted by molar-refractivity contribution is 5.87. The number of carbonyl (C=O) groups is 1. The first kappa shape index (κ1) is 19.0. The van der Waals surface area contributed by atoms with Gasteiger partial charge in [0.15, 0.2) is 17.2 Å². The van der Waals surface area contributed by atoms with E-state index < -0.39 is 41.8 Å². The number of hydrogen-bond acceptors (Lipinski definition) is 10. The fraction of sp³-hybridized carbons (Fsp3) is 0.625. The number of imidazole rings is 1. The Morgan fingerprint density at radius 1 is 1.46 bits per heavy atom. The number of aromatic nitrogens is 4. The number of nitrogens with zero attached hydrogens (tertiary/aromatic N) is 4. The number of aliphatic hydroxyl groups excluding tert-OH is 3. The van der Waals surface area contributed by atoms with Crippen LogP contribution in [0.5, 0.6) is 0 Å². The normalized spacial score (nSPS) is 37.6. The van der Waals surface area contributed by atoms with E-state index >= 15 is 0 Å². The summed E-state index contributed by atoms with van der Waals surface area (Å²) in [5.74, 6) is -1.47. The molecular formula is C16H21N5O7. The highest BCUT2D eigenvalue weighted by atomic mass is 16.5. The molecule has 4 heterocycles. The van der Waals surface area contributed by atoms with E-state index in [1.807, 2.05) is 0 Å². The molecule has 0 aliphatic carbocycles. The maximum Gasteiger partial charge on any atom is 0.256 e. The molecule has 28 heavy (non-hydrogen) atoms. The molecular weight excluding hydrogens is 374 g/mol. The molecule has 12 heteroatoms. The topological polar surface area (TPSA) is 177 Å². The number of ether oxygens (including phenoxy) is 1. The molecule has 0 aromatic carbocycles. The number of anilines is 1. The minimum absolute atomic E-state index is 0.128. The average Bonchev–Trinajstić information content (AvgIpc) is 3.23. The summed E-state index contributed by atoms with van der Waals surface area (Å²) in [5.41, 5.74) is -3.44. The van der Waals surface area contributed by atoms with Gasteiger partial charge in [0.25, 0.3) is 5.82 Å². The van der Waals surface area contributed by atoms with Crippen LogP contribution in [0.1, 0.15) is 26.5 Å². The van der Waals surface area contributed by atoms with E-state index in [1.54, 1.807) is 4.57 Å². The van der Waals surface area contributed by atoms with Gasteiger partial charge in [0.05, 0.1) is 18.7 Å². The summed E-state index contributed by atoms with van der Waals surface area (Å²) >= 11 is 0. The van der Waals surface area contributed by atoms with Crippen molar-refractivity contribution in [1.82, 2.24) is 14.5 Å². The van der Waals surface area contributed by atoms with Crippen molar-refractivity contribution in [2.24, 2.45) is 0 Å². The van der Waals surface area contributed by atoms with Crippen LogP contribution >= 0.6 is 0 Å². The number of carbonyl (C=O) groups excluding carboxylic acids is 1. The van der Waals surface area contributed by atoms with Gasteiger partial charge < -0.3 is 35.1 Å². The largest absolute Gasteiger partial charge is 0.546 e. The lowest BCUT2D eigenvalue weighted by atomic mass is 9.85. The Labute approximate surface area is 158 Å². The average molecular weight is 395 g/mol. The number of fused-ring (bicyclic) bond motifs is 3. The molecule has 2 aliphatic rings. The quantitative estimate of drug-likeness (QED) is 0.325. The molecule has 2 aliphatic heterocycles. The van der Waals surface area contributed by atoms with Gasteiger partial charge in [-0.05, 0) is 6.92 Å². The van der Waals surface area contributed by atoms with E-state index in [9.17, 15) is 30.3 Å². The molecule has 2 aromatic heterocycles. The van der Waals surface area contributed by atoms with E-state index in [2.05, 4.69) is 15.3 Å². The number of rotatable bonds is 3. The van der Waals surface area contributed by atoms with Gasteiger partial charge in [0, 0.05) is 13.3 Å². The highest BCUT2D eigenvalue weighted by Gasteiger charge is 2.56. The number of carboxylic acids is 1. The van der Waals surface area contributed by atoms with Gasteiger partial charge in [0.1, 0.15) is 18.7 Å². The minimum atomic E-state index is -2.00. The zero-order valence-corrected chi connectivity index (χ0v) is 15.2. The standard InChI is InChI=1S/C16H21N5O7/c1-15(14(25)26)13(24)16(2,27)21-6-18-11-10(12(21)19-15)17-5-20(11)9-3-7(23)8(4-22)28-9/h5-9,13,22-24,27H,3-4H2,1-2H3,(H,25,26)/t7?,8-,9-,13?,15?,16?/m1/s1. The van der Waals surface area contributed by atoms with Crippen molar-refractivity contribution in [2.45, 2.75) is 56.1 Å². The number of hydrogen-bond donors (Lipinski definition) is 5. The number of aliphatic carboxylic acids is 1. The van der Waals surface area contributed by atoms with Crippen LogP contribution in [0.2, 0.25) is 0 Å². The molecule has 1 fully saturated rings. The molecule has 2 aromatic rings. The first-order valence-electron chi connectivity index (χ1n) is 8.73. The van der Waals surface area contributed by atoms with E-state index in [4.69, 9.17) is 4.74 Å². The third kappa shape index (κ3) is 2.42. The molecule has 5 N–H and O–H groups in total. The molecule has 12 nitrogen and oxygen atoms in total. The second-order valence-electron chi connectivity index (χ2n) is 7.51. The molecule has 6 atom stereocenters. The lowest BCUT2D eigenvalue weighted by molar-refractivity contribution is -0.807. The Morgan fingerprint density at radius 3 is 2.79 bits per heavy atom. The van der Waals surface area contributed by atoms with Gasteiger partial charge in [-0.2, -0.15) is 0 Å². The molecule has 0 spiro atoms. The van der Waals surface area contributed by atoms with Crippen molar-refractivity contribution in [2.75, 3.05) is 11.9 Å². The zero-order chi connectivity index (χ0) is 20.4.